The molecule has 1 amide bonds. The molecule has 76 valence electrons. The highest BCUT2D eigenvalue weighted by molar-refractivity contribution is 5.73. The molecular formula is C10H15N3O. The van der Waals surface area contributed by atoms with Gasteiger partial charge in [0, 0.05) is 25.4 Å². The van der Waals surface area contributed by atoms with Crippen LogP contribution in [0.25, 0.3) is 0 Å². The van der Waals surface area contributed by atoms with Crippen molar-refractivity contribution in [1.29, 1.82) is 0 Å². The van der Waals surface area contributed by atoms with E-state index in [0.717, 1.165) is 19.5 Å². The van der Waals surface area contributed by atoms with Crippen molar-refractivity contribution < 1.29 is 4.79 Å². The van der Waals surface area contributed by atoms with E-state index in [2.05, 4.69) is 10.3 Å². The molecule has 0 aromatic carbocycles. The molecule has 0 spiro atoms. The highest BCUT2D eigenvalue weighted by Crippen LogP contribution is 1.95. The summed E-state index contributed by atoms with van der Waals surface area (Å²) in [6.45, 7) is 1.62. The van der Waals surface area contributed by atoms with Gasteiger partial charge in [-0.25, -0.2) is 0 Å². The Labute approximate surface area is 83.5 Å². The average molecular weight is 193 g/mol. The van der Waals surface area contributed by atoms with Gasteiger partial charge in [0.25, 0.3) is 0 Å². The number of nitrogens with two attached hydrogens (primary N) is 1. The second kappa shape index (κ2) is 6.10. The summed E-state index contributed by atoms with van der Waals surface area (Å²) >= 11 is 0. The number of hydrogen-bond acceptors (Lipinski definition) is 3. The number of amides is 1. The lowest BCUT2D eigenvalue weighted by Gasteiger charge is -2.02. The zero-order valence-electron chi connectivity index (χ0n) is 8.07. The summed E-state index contributed by atoms with van der Waals surface area (Å²) in [5, 5.41) is 3.22. The van der Waals surface area contributed by atoms with Gasteiger partial charge in [-0.2, -0.15) is 0 Å². The topological polar surface area (TPSA) is 68.0 Å². The summed E-state index contributed by atoms with van der Waals surface area (Å²) in [5.41, 5.74) is 6.20. The van der Waals surface area contributed by atoms with Gasteiger partial charge >= 0.3 is 0 Å². The van der Waals surface area contributed by atoms with Gasteiger partial charge in [-0.05, 0) is 30.7 Å². The summed E-state index contributed by atoms with van der Waals surface area (Å²) in [4.78, 5) is 14.3. The lowest BCUT2D eigenvalue weighted by Crippen LogP contribution is -2.18. The number of aromatic nitrogens is 1. The van der Waals surface area contributed by atoms with Crippen molar-refractivity contribution in [2.24, 2.45) is 5.73 Å². The fourth-order valence-corrected chi connectivity index (χ4v) is 1.12. The third-order valence-corrected chi connectivity index (χ3v) is 1.86. The van der Waals surface area contributed by atoms with Crippen molar-refractivity contribution in [1.82, 2.24) is 10.3 Å². The summed E-state index contributed by atoms with van der Waals surface area (Å²) in [6.07, 6.45) is 4.77. The van der Waals surface area contributed by atoms with E-state index in [0.29, 0.717) is 6.42 Å². The summed E-state index contributed by atoms with van der Waals surface area (Å²) in [7, 11) is 0. The molecule has 0 aliphatic carbocycles. The maximum absolute atomic E-state index is 10.4. The second-order valence-corrected chi connectivity index (χ2v) is 3.10. The van der Waals surface area contributed by atoms with Crippen LogP contribution in [0.4, 0.5) is 0 Å². The van der Waals surface area contributed by atoms with Crippen LogP contribution >= 0.6 is 0 Å². The first-order valence-electron chi connectivity index (χ1n) is 4.67. The third-order valence-electron chi connectivity index (χ3n) is 1.86. The van der Waals surface area contributed by atoms with Crippen LogP contribution in [0.5, 0.6) is 0 Å². The summed E-state index contributed by atoms with van der Waals surface area (Å²) < 4.78 is 0. The summed E-state index contributed by atoms with van der Waals surface area (Å²) in [6, 6.07) is 3.92. The number of carbonyl (C=O) groups is 1. The molecule has 14 heavy (non-hydrogen) atoms. The van der Waals surface area contributed by atoms with E-state index in [1.54, 1.807) is 12.4 Å². The molecule has 4 nitrogen and oxygen atoms in total. The van der Waals surface area contributed by atoms with E-state index >= 15 is 0 Å². The van der Waals surface area contributed by atoms with Gasteiger partial charge < -0.3 is 11.1 Å². The summed E-state index contributed by atoms with van der Waals surface area (Å²) in [5.74, 6) is -0.240. The van der Waals surface area contributed by atoms with Gasteiger partial charge in [0.05, 0.1) is 0 Å². The predicted octanol–water partition coefficient (Wildman–Crippen LogP) is 0.437. The molecule has 0 radical (unpaired) electrons. The SMILES string of the molecule is NC(=O)CCCNCc1ccncc1. The monoisotopic (exact) mass is 193 g/mol. The zero-order valence-corrected chi connectivity index (χ0v) is 8.07. The first-order chi connectivity index (χ1) is 6.79. The Hall–Kier alpha value is -1.42. The Bertz CT molecular complexity index is 274. The molecule has 4 heteroatoms. The molecule has 1 rings (SSSR count). The van der Waals surface area contributed by atoms with E-state index in [1.165, 1.54) is 5.56 Å². The quantitative estimate of drug-likeness (QED) is 0.644. The standard InChI is InChI=1S/C10H15N3O/c11-10(14)2-1-5-13-8-9-3-6-12-7-4-9/h3-4,6-7,13H,1-2,5,8H2,(H2,11,14). The average Bonchev–Trinajstić information content (AvgIpc) is 2.18. The number of carbonyl (C=O) groups excluding carboxylic acids is 1. The third kappa shape index (κ3) is 4.57. The Morgan fingerprint density at radius 3 is 2.79 bits per heavy atom. The van der Waals surface area contributed by atoms with Crippen molar-refractivity contribution in [2.75, 3.05) is 6.54 Å². The molecule has 0 atom stereocenters. The molecule has 0 fully saturated rings. The van der Waals surface area contributed by atoms with Crippen LogP contribution in [-0.2, 0) is 11.3 Å². The normalized spacial score (nSPS) is 10.0. The molecule has 0 saturated carbocycles. The van der Waals surface area contributed by atoms with Gasteiger partial charge in [-0.1, -0.05) is 0 Å². The maximum Gasteiger partial charge on any atom is 0.217 e. The molecule has 0 aliphatic rings. The molecule has 0 bridgehead atoms. The molecule has 3 N–H and O–H groups in total. The predicted molar refractivity (Wildman–Crippen MR) is 54.4 cm³/mol. The van der Waals surface area contributed by atoms with E-state index in [4.69, 9.17) is 5.73 Å². The van der Waals surface area contributed by atoms with Gasteiger partial charge in [0.2, 0.25) is 5.91 Å². The smallest absolute Gasteiger partial charge is 0.217 e. The van der Waals surface area contributed by atoms with Crippen LogP contribution in [0.3, 0.4) is 0 Å². The van der Waals surface area contributed by atoms with Gasteiger partial charge in [0.1, 0.15) is 0 Å². The Kier molecular flexibility index (Phi) is 4.64. The number of hydrogen-bond donors (Lipinski definition) is 2. The van der Waals surface area contributed by atoms with Crippen molar-refractivity contribution in [2.45, 2.75) is 19.4 Å². The van der Waals surface area contributed by atoms with Crippen LogP contribution < -0.4 is 11.1 Å². The minimum atomic E-state index is -0.240. The highest BCUT2D eigenvalue weighted by Gasteiger charge is 1.94. The fourth-order valence-electron chi connectivity index (χ4n) is 1.12. The Morgan fingerprint density at radius 2 is 2.14 bits per heavy atom. The van der Waals surface area contributed by atoms with Crippen LogP contribution in [0.2, 0.25) is 0 Å². The zero-order chi connectivity index (χ0) is 10.2. The number of pyridine rings is 1. The van der Waals surface area contributed by atoms with E-state index in [9.17, 15) is 4.79 Å². The van der Waals surface area contributed by atoms with Crippen LogP contribution in [-0.4, -0.2) is 17.4 Å². The van der Waals surface area contributed by atoms with E-state index in [-0.39, 0.29) is 5.91 Å². The van der Waals surface area contributed by atoms with E-state index in [1.807, 2.05) is 12.1 Å². The van der Waals surface area contributed by atoms with E-state index < -0.39 is 0 Å². The minimum absolute atomic E-state index is 0.240. The minimum Gasteiger partial charge on any atom is -0.370 e. The molecule has 0 aliphatic heterocycles. The van der Waals surface area contributed by atoms with Crippen molar-refractivity contribution in [3.8, 4) is 0 Å². The second-order valence-electron chi connectivity index (χ2n) is 3.10. The number of rotatable bonds is 6. The molecule has 0 unspecified atom stereocenters. The van der Waals surface area contributed by atoms with Crippen LogP contribution in [0, 0.1) is 0 Å². The molecule has 1 heterocycles. The lowest BCUT2D eigenvalue weighted by molar-refractivity contribution is -0.118. The number of primary amides is 1. The molecular weight excluding hydrogens is 178 g/mol. The van der Waals surface area contributed by atoms with Gasteiger partial charge in [-0.15, -0.1) is 0 Å². The van der Waals surface area contributed by atoms with Crippen molar-refractivity contribution in [3.63, 3.8) is 0 Å². The Balaban J connectivity index is 2.08. The first-order valence-corrected chi connectivity index (χ1v) is 4.67. The largest absolute Gasteiger partial charge is 0.370 e. The lowest BCUT2D eigenvalue weighted by atomic mass is 10.2. The number of nitrogens with zero attached hydrogens (tertiary/aromatic N) is 1. The van der Waals surface area contributed by atoms with Crippen molar-refractivity contribution in [3.05, 3.63) is 30.1 Å². The fraction of sp³-hybridized carbons (Fsp3) is 0.400. The highest BCUT2D eigenvalue weighted by atomic mass is 16.1. The van der Waals surface area contributed by atoms with Gasteiger partial charge in [-0.3, -0.25) is 9.78 Å². The number of nitrogens with one attached hydrogen (secondary N) is 1. The van der Waals surface area contributed by atoms with Gasteiger partial charge in [0.15, 0.2) is 0 Å². The molecule has 1 aromatic rings. The molecule has 1 aromatic heterocycles. The van der Waals surface area contributed by atoms with Crippen LogP contribution in [0.15, 0.2) is 24.5 Å². The van der Waals surface area contributed by atoms with Crippen LogP contribution in [0.1, 0.15) is 18.4 Å². The molecule has 0 saturated heterocycles. The Morgan fingerprint density at radius 1 is 1.43 bits per heavy atom. The first kappa shape index (κ1) is 10.7. The van der Waals surface area contributed by atoms with Crippen molar-refractivity contribution >= 4 is 5.91 Å². The maximum atomic E-state index is 10.4.